The molecule has 0 aliphatic rings. The molecule has 0 spiro atoms. The lowest BCUT2D eigenvalue weighted by molar-refractivity contribution is 0.0919. The lowest BCUT2D eigenvalue weighted by atomic mass is 10.1. The van der Waals surface area contributed by atoms with Gasteiger partial charge in [-0.1, -0.05) is 32.6 Å². The molecule has 0 unspecified atom stereocenters. The minimum Gasteiger partial charge on any atom is -0.491 e. The van der Waals surface area contributed by atoms with Crippen molar-refractivity contribution in [2.45, 2.75) is 65.3 Å². The number of hydrogen-bond acceptors (Lipinski definition) is 3. The van der Waals surface area contributed by atoms with E-state index in [9.17, 15) is 4.79 Å². The molecule has 0 radical (unpaired) electrons. The van der Waals surface area contributed by atoms with Crippen molar-refractivity contribution in [3.63, 3.8) is 0 Å². The Balaban J connectivity index is 2.50. The third kappa shape index (κ3) is 6.83. The topological polar surface area (TPSA) is 64.3 Å². The normalized spacial score (nSPS) is 11.3. The molecule has 1 aromatic rings. The minimum absolute atomic E-state index is 0.120. The predicted molar refractivity (Wildman–Crippen MR) is 92.3 cm³/mol. The van der Waals surface area contributed by atoms with Crippen molar-refractivity contribution < 1.29 is 9.53 Å². The van der Waals surface area contributed by atoms with Gasteiger partial charge in [-0.25, -0.2) is 0 Å². The highest BCUT2D eigenvalue weighted by atomic mass is 16.5. The van der Waals surface area contributed by atoms with Crippen LogP contribution in [0.4, 0.5) is 5.69 Å². The number of carbonyl (C=O) groups is 1. The van der Waals surface area contributed by atoms with E-state index in [1.165, 1.54) is 25.7 Å². The number of ether oxygens (including phenoxy) is 1. The molecule has 3 N–H and O–H groups in total. The van der Waals surface area contributed by atoms with Crippen LogP contribution < -0.4 is 15.8 Å². The molecule has 1 amide bonds. The van der Waals surface area contributed by atoms with Crippen LogP contribution in [0.5, 0.6) is 5.75 Å². The molecule has 4 heteroatoms. The first-order valence-corrected chi connectivity index (χ1v) is 8.18. The Bertz CT molecular complexity index is 478. The molecule has 0 atom stereocenters. The molecular weight excluding hydrogens is 276 g/mol. The van der Waals surface area contributed by atoms with Gasteiger partial charge in [0.15, 0.2) is 0 Å². The highest BCUT2D eigenvalue weighted by Crippen LogP contribution is 2.23. The fraction of sp³-hybridized carbons (Fsp3) is 0.611. The number of hydrogen-bond donors (Lipinski definition) is 2. The van der Waals surface area contributed by atoms with E-state index in [1.54, 1.807) is 18.2 Å². The predicted octanol–water partition coefficient (Wildman–Crippen LogP) is 4.15. The van der Waals surface area contributed by atoms with Gasteiger partial charge in [0.25, 0.3) is 5.91 Å². The Morgan fingerprint density at radius 1 is 1.18 bits per heavy atom. The Morgan fingerprint density at radius 3 is 2.45 bits per heavy atom. The van der Waals surface area contributed by atoms with Crippen LogP contribution in [0, 0.1) is 0 Å². The first-order valence-electron chi connectivity index (χ1n) is 8.18. The van der Waals surface area contributed by atoms with Gasteiger partial charge >= 0.3 is 0 Å². The van der Waals surface area contributed by atoms with Crippen LogP contribution in [0.1, 0.15) is 70.2 Å². The maximum absolute atomic E-state index is 12.1. The molecule has 22 heavy (non-hydrogen) atoms. The summed E-state index contributed by atoms with van der Waals surface area (Å²) < 4.78 is 5.70. The number of carbonyl (C=O) groups excluding carboxylic acids is 1. The summed E-state index contributed by atoms with van der Waals surface area (Å²) in [6, 6.07) is 5.20. The van der Waals surface area contributed by atoms with Gasteiger partial charge in [-0.15, -0.1) is 0 Å². The van der Waals surface area contributed by atoms with Gasteiger partial charge in [0.05, 0.1) is 12.3 Å². The van der Waals surface area contributed by atoms with E-state index in [0.29, 0.717) is 23.6 Å². The third-order valence-electron chi connectivity index (χ3n) is 3.27. The molecule has 0 saturated heterocycles. The summed E-state index contributed by atoms with van der Waals surface area (Å²) in [5.41, 5.74) is 6.78. The van der Waals surface area contributed by atoms with Crippen LogP contribution >= 0.6 is 0 Å². The van der Waals surface area contributed by atoms with Gasteiger partial charge in [-0.05, 0) is 45.4 Å². The number of anilines is 1. The van der Waals surface area contributed by atoms with Crippen LogP contribution in [0.15, 0.2) is 18.2 Å². The summed E-state index contributed by atoms with van der Waals surface area (Å²) in [5.74, 6) is 0.535. The van der Waals surface area contributed by atoms with Gasteiger partial charge < -0.3 is 15.8 Å². The van der Waals surface area contributed by atoms with Crippen molar-refractivity contribution in [3.8, 4) is 5.75 Å². The fourth-order valence-electron chi connectivity index (χ4n) is 2.12. The maximum Gasteiger partial charge on any atom is 0.251 e. The lowest BCUT2D eigenvalue weighted by Gasteiger charge is -2.20. The number of nitrogens with two attached hydrogens (primary N) is 1. The van der Waals surface area contributed by atoms with Crippen molar-refractivity contribution in [2.24, 2.45) is 0 Å². The maximum atomic E-state index is 12.1. The van der Waals surface area contributed by atoms with E-state index in [1.807, 2.05) is 20.8 Å². The van der Waals surface area contributed by atoms with Gasteiger partial charge in [-0.2, -0.15) is 0 Å². The van der Waals surface area contributed by atoms with E-state index in [2.05, 4.69) is 12.2 Å². The Hall–Kier alpha value is -1.71. The molecule has 0 aliphatic carbocycles. The van der Waals surface area contributed by atoms with Crippen LogP contribution in [-0.2, 0) is 0 Å². The molecule has 1 aromatic carbocycles. The summed E-state index contributed by atoms with van der Waals surface area (Å²) in [6.07, 6.45) is 5.98. The average Bonchev–Trinajstić information content (AvgIpc) is 2.42. The van der Waals surface area contributed by atoms with Crippen molar-refractivity contribution in [1.82, 2.24) is 5.32 Å². The fourth-order valence-corrected chi connectivity index (χ4v) is 2.12. The highest BCUT2D eigenvalue weighted by molar-refractivity contribution is 5.95. The first kappa shape index (κ1) is 18.3. The van der Waals surface area contributed by atoms with Gasteiger partial charge in [-0.3, -0.25) is 4.79 Å². The standard InChI is InChI=1S/C18H30N2O2/c1-5-6-7-8-9-12-22-16-11-10-14(13-15(16)19)17(21)20-18(2,3)4/h10-11,13H,5-9,12,19H2,1-4H3,(H,20,21). The molecule has 0 heterocycles. The van der Waals surface area contributed by atoms with Gasteiger partial charge in [0.2, 0.25) is 0 Å². The van der Waals surface area contributed by atoms with E-state index in [4.69, 9.17) is 10.5 Å². The average molecular weight is 306 g/mol. The summed E-state index contributed by atoms with van der Waals surface area (Å²) >= 11 is 0. The molecule has 0 saturated carbocycles. The molecule has 0 fully saturated rings. The lowest BCUT2D eigenvalue weighted by Crippen LogP contribution is -2.40. The zero-order valence-electron chi connectivity index (χ0n) is 14.4. The molecule has 0 aliphatic heterocycles. The SMILES string of the molecule is CCCCCCCOc1ccc(C(=O)NC(C)(C)C)cc1N. The van der Waals surface area contributed by atoms with E-state index in [-0.39, 0.29) is 11.4 Å². The second kappa shape index (κ2) is 8.66. The zero-order chi connectivity index (χ0) is 16.6. The minimum atomic E-state index is -0.264. The second-order valence-electron chi connectivity index (χ2n) is 6.72. The molecule has 0 aromatic heterocycles. The largest absolute Gasteiger partial charge is 0.491 e. The molecule has 0 bridgehead atoms. The number of unbranched alkanes of at least 4 members (excludes halogenated alkanes) is 4. The third-order valence-corrected chi connectivity index (χ3v) is 3.27. The first-order chi connectivity index (χ1) is 10.3. The van der Waals surface area contributed by atoms with E-state index in [0.717, 1.165) is 6.42 Å². The van der Waals surface area contributed by atoms with Gasteiger partial charge in [0.1, 0.15) is 5.75 Å². The van der Waals surface area contributed by atoms with Crippen LogP contribution in [-0.4, -0.2) is 18.1 Å². The number of benzene rings is 1. The summed E-state index contributed by atoms with van der Waals surface area (Å²) in [5, 5.41) is 2.92. The quantitative estimate of drug-likeness (QED) is 0.560. The summed E-state index contributed by atoms with van der Waals surface area (Å²) in [4.78, 5) is 12.1. The number of nitrogens with one attached hydrogen (secondary N) is 1. The van der Waals surface area contributed by atoms with Crippen molar-refractivity contribution >= 4 is 11.6 Å². The summed E-state index contributed by atoms with van der Waals surface area (Å²) in [6.45, 7) is 8.72. The number of amides is 1. The monoisotopic (exact) mass is 306 g/mol. The Kier molecular flexibility index (Phi) is 7.22. The Labute approximate surface area is 134 Å². The van der Waals surface area contributed by atoms with E-state index >= 15 is 0 Å². The highest BCUT2D eigenvalue weighted by Gasteiger charge is 2.16. The van der Waals surface area contributed by atoms with Crippen LogP contribution in [0.25, 0.3) is 0 Å². The Morgan fingerprint density at radius 2 is 1.86 bits per heavy atom. The van der Waals surface area contributed by atoms with Crippen molar-refractivity contribution in [3.05, 3.63) is 23.8 Å². The van der Waals surface area contributed by atoms with Crippen molar-refractivity contribution in [2.75, 3.05) is 12.3 Å². The molecule has 124 valence electrons. The number of nitrogen functional groups attached to an aromatic ring is 1. The molecular formula is C18H30N2O2. The molecule has 1 rings (SSSR count). The van der Waals surface area contributed by atoms with E-state index < -0.39 is 0 Å². The van der Waals surface area contributed by atoms with Crippen LogP contribution in [0.3, 0.4) is 0 Å². The smallest absolute Gasteiger partial charge is 0.251 e. The van der Waals surface area contributed by atoms with Crippen molar-refractivity contribution in [1.29, 1.82) is 0 Å². The molecule has 4 nitrogen and oxygen atoms in total. The van der Waals surface area contributed by atoms with Crippen LogP contribution in [0.2, 0.25) is 0 Å². The summed E-state index contributed by atoms with van der Waals surface area (Å²) in [7, 11) is 0. The van der Waals surface area contributed by atoms with Gasteiger partial charge in [0, 0.05) is 11.1 Å². The zero-order valence-corrected chi connectivity index (χ0v) is 14.4. The number of rotatable bonds is 8. The second-order valence-corrected chi connectivity index (χ2v) is 6.72.